The molecule has 1 aliphatic carbocycles. The predicted molar refractivity (Wildman–Crippen MR) is 123 cm³/mol. The third kappa shape index (κ3) is 2.32. The first kappa shape index (κ1) is 17.3. The second kappa shape index (κ2) is 6.53. The van der Waals surface area contributed by atoms with Gasteiger partial charge in [-0.3, -0.25) is 19.9 Å². The van der Waals surface area contributed by atoms with Crippen LogP contribution in [0, 0.1) is 41.7 Å². The van der Waals surface area contributed by atoms with Crippen LogP contribution < -0.4 is 0 Å². The molecule has 0 fully saturated rings. The van der Waals surface area contributed by atoms with Crippen molar-refractivity contribution in [2.75, 3.05) is 0 Å². The molecule has 0 radical (unpaired) electrons. The van der Waals surface area contributed by atoms with E-state index in [0.717, 1.165) is 63.8 Å². The standard InChI is InChI=1S/C28H16N4/c1-3-9-19-17(7-1)21-15-31-24-12-6-14-30-28(24)26(21)20-10-4-2-8-18(20)22-16-32-23-11-5-13-29-27(23)25(19)22/h1-16H/b21-17-,22-18-,25-19+,26-20+. The zero-order valence-electron chi connectivity index (χ0n) is 17.0. The molecule has 4 heteroatoms. The lowest BCUT2D eigenvalue weighted by Gasteiger charge is -2.05. The quantitative estimate of drug-likeness (QED) is 0.353. The molecule has 7 rings (SSSR count). The molecule has 4 aromatic heterocycles. The fourth-order valence-electron chi connectivity index (χ4n) is 4.87. The molecule has 0 saturated heterocycles. The van der Waals surface area contributed by atoms with Crippen LogP contribution in [0.4, 0.5) is 0 Å². The van der Waals surface area contributed by atoms with Gasteiger partial charge >= 0.3 is 0 Å². The first-order chi connectivity index (χ1) is 15.9. The Labute approximate surface area is 181 Å². The molecular formula is C28H16N4. The van der Waals surface area contributed by atoms with Crippen molar-refractivity contribution < 1.29 is 0 Å². The molecule has 6 aromatic rings. The Morgan fingerprint density at radius 1 is 0.375 bits per heavy atom. The zero-order chi connectivity index (χ0) is 21.1. The molecule has 0 spiro atoms. The van der Waals surface area contributed by atoms with Crippen LogP contribution in [-0.4, -0.2) is 19.9 Å². The van der Waals surface area contributed by atoms with E-state index in [1.54, 1.807) is 0 Å². The number of aromatic nitrogens is 4. The van der Waals surface area contributed by atoms with E-state index in [1.165, 1.54) is 0 Å². The van der Waals surface area contributed by atoms with Crippen LogP contribution in [0.25, 0.3) is 22.1 Å². The Hall–Kier alpha value is -4.44. The monoisotopic (exact) mass is 408 g/mol. The SMILES string of the molecule is c1ccc2/c(c1)=c1/cnc3cccnc3/c1=c1\cccc\c1=c1/cnc3cccnc3/c1=2. The summed E-state index contributed by atoms with van der Waals surface area (Å²) in [4.78, 5) is 19.0. The average molecular weight is 408 g/mol. The highest BCUT2D eigenvalue weighted by Gasteiger charge is 2.07. The van der Waals surface area contributed by atoms with Crippen molar-refractivity contribution in [3.63, 3.8) is 0 Å². The minimum Gasteiger partial charge on any atom is -0.254 e. The number of hydrogen-bond donors (Lipinski definition) is 0. The van der Waals surface area contributed by atoms with Crippen molar-refractivity contribution in [3.05, 3.63) is 139 Å². The third-order valence-corrected chi connectivity index (χ3v) is 6.22. The van der Waals surface area contributed by atoms with Gasteiger partial charge in [0.25, 0.3) is 0 Å². The normalized spacial score (nSPS) is 16.2. The van der Waals surface area contributed by atoms with E-state index in [9.17, 15) is 0 Å². The third-order valence-electron chi connectivity index (χ3n) is 6.22. The van der Waals surface area contributed by atoms with Gasteiger partial charge in [-0.25, -0.2) is 0 Å². The van der Waals surface area contributed by atoms with Gasteiger partial charge in [0.05, 0.1) is 22.1 Å². The largest absolute Gasteiger partial charge is 0.254 e. The molecule has 0 saturated carbocycles. The summed E-state index contributed by atoms with van der Waals surface area (Å²) in [5, 5.41) is 8.85. The van der Waals surface area contributed by atoms with Gasteiger partial charge in [0.15, 0.2) is 0 Å². The van der Waals surface area contributed by atoms with Gasteiger partial charge in [0.1, 0.15) is 0 Å². The maximum atomic E-state index is 4.77. The van der Waals surface area contributed by atoms with Crippen molar-refractivity contribution in [3.8, 4) is 0 Å². The van der Waals surface area contributed by atoms with Crippen molar-refractivity contribution in [2.24, 2.45) is 0 Å². The Morgan fingerprint density at radius 2 is 0.812 bits per heavy atom. The highest BCUT2D eigenvalue weighted by Crippen LogP contribution is 2.19. The fourth-order valence-corrected chi connectivity index (χ4v) is 4.87. The van der Waals surface area contributed by atoms with E-state index in [4.69, 9.17) is 19.9 Å². The molecule has 4 nitrogen and oxygen atoms in total. The van der Waals surface area contributed by atoms with Gasteiger partial charge in [-0.2, -0.15) is 0 Å². The lowest BCUT2D eigenvalue weighted by atomic mass is 10.0. The van der Waals surface area contributed by atoms with Crippen LogP contribution in [0.15, 0.2) is 97.6 Å². The summed E-state index contributed by atoms with van der Waals surface area (Å²) >= 11 is 0. The van der Waals surface area contributed by atoms with Crippen LogP contribution in [0.1, 0.15) is 0 Å². The Kier molecular flexibility index (Phi) is 3.52. The first-order valence-corrected chi connectivity index (χ1v) is 10.6. The van der Waals surface area contributed by atoms with E-state index in [0.29, 0.717) is 0 Å². The van der Waals surface area contributed by atoms with Gasteiger partial charge in [0.2, 0.25) is 0 Å². The Balaban J connectivity index is 2.09. The van der Waals surface area contributed by atoms with Gasteiger partial charge in [-0.05, 0) is 45.1 Å². The molecule has 148 valence electrons. The van der Waals surface area contributed by atoms with Crippen molar-refractivity contribution >= 4 is 22.1 Å². The molecule has 2 aromatic carbocycles. The maximum absolute atomic E-state index is 4.77. The van der Waals surface area contributed by atoms with E-state index in [2.05, 4.69) is 48.5 Å². The summed E-state index contributed by atoms with van der Waals surface area (Å²) in [6.45, 7) is 0. The molecule has 4 heterocycles. The molecule has 0 unspecified atom stereocenters. The van der Waals surface area contributed by atoms with Crippen molar-refractivity contribution in [2.45, 2.75) is 0 Å². The fraction of sp³-hybridized carbons (Fsp3) is 0. The van der Waals surface area contributed by atoms with E-state index in [-0.39, 0.29) is 0 Å². The summed E-state index contributed by atoms with van der Waals surface area (Å²) < 4.78 is 0. The predicted octanol–water partition coefficient (Wildman–Crippen LogP) is 5.03. The minimum atomic E-state index is 0.887. The Bertz CT molecular complexity index is 1950. The van der Waals surface area contributed by atoms with Gasteiger partial charge < -0.3 is 0 Å². The van der Waals surface area contributed by atoms with Gasteiger partial charge in [0, 0.05) is 45.7 Å². The summed E-state index contributed by atoms with van der Waals surface area (Å²) in [6, 6.07) is 24.9. The molecule has 32 heavy (non-hydrogen) atoms. The zero-order valence-corrected chi connectivity index (χ0v) is 17.0. The lowest BCUT2D eigenvalue weighted by Crippen LogP contribution is -1.95. The molecule has 0 bridgehead atoms. The summed E-state index contributed by atoms with van der Waals surface area (Å²) in [5.41, 5.74) is 3.58. The number of hydrogen-bond acceptors (Lipinski definition) is 4. The number of benzene rings is 2. The molecule has 0 N–H and O–H groups in total. The topological polar surface area (TPSA) is 51.6 Å². The second-order valence-corrected chi connectivity index (χ2v) is 7.93. The maximum Gasteiger partial charge on any atom is 0.0971 e. The average Bonchev–Trinajstić information content (AvgIpc) is 2.86. The van der Waals surface area contributed by atoms with Crippen molar-refractivity contribution in [1.29, 1.82) is 0 Å². The number of nitrogens with zero attached hydrogens (tertiary/aromatic N) is 4. The summed E-state index contributed by atoms with van der Waals surface area (Å²) in [7, 11) is 0. The van der Waals surface area contributed by atoms with E-state index >= 15 is 0 Å². The number of fused-ring (bicyclic) bond motifs is 8. The second-order valence-electron chi connectivity index (χ2n) is 7.93. The molecular weight excluding hydrogens is 392 g/mol. The van der Waals surface area contributed by atoms with Crippen LogP contribution in [0.2, 0.25) is 0 Å². The number of rotatable bonds is 0. The van der Waals surface area contributed by atoms with Crippen LogP contribution in [0.5, 0.6) is 0 Å². The highest BCUT2D eigenvalue weighted by atomic mass is 14.7. The minimum absolute atomic E-state index is 0.887. The van der Waals surface area contributed by atoms with E-state index in [1.807, 2.05) is 49.1 Å². The lowest BCUT2D eigenvalue weighted by molar-refractivity contribution is 1.21. The molecule has 0 atom stereocenters. The van der Waals surface area contributed by atoms with Crippen LogP contribution in [-0.2, 0) is 0 Å². The molecule has 0 aliphatic heterocycles. The number of pyridine rings is 4. The van der Waals surface area contributed by atoms with Crippen molar-refractivity contribution in [1.82, 2.24) is 19.9 Å². The smallest absolute Gasteiger partial charge is 0.0971 e. The molecule has 1 aliphatic rings. The summed E-state index contributed by atoms with van der Waals surface area (Å²) in [6.07, 6.45) is 7.64. The molecule has 0 amide bonds. The van der Waals surface area contributed by atoms with Crippen LogP contribution in [0.3, 0.4) is 0 Å². The van der Waals surface area contributed by atoms with Gasteiger partial charge in [-0.1, -0.05) is 48.5 Å². The van der Waals surface area contributed by atoms with Crippen LogP contribution >= 0.6 is 0 Å². The summed E-state index contributed by atoms with van der Waals surface area (Å²) in [5.74, 6) is 0. The van der Waals surface area contributed by atoms with Gasteiger partial charge in [-0.15, -0.1) is 0 Å². The van der Waals surface area contributed by atoms with E-state index < -0.39 is 0 Å². The Morgan fingerprint density at radius 3 is 1.28 bits per heavy atom. The first-order valence-electron chi connectivity index (χ1n) is 10.6. The highest BCUT2D eigenvalue weighted by molar-refractivity contribution is 5.76.